The zero-order valence-corrected chi connectivity index (χ0v) is 11.4. The fourth-order valence-corrected chi connectivity index (χ4v) is 0.920. The Morgan fingerprint density at radius 1 is 1.22 bits per heavy atom. The molecule has 18 heavy (non-hydrogen) atoms. The van der Waals surface area contributed by atoms with Crippen LogP contribution in [0.5, 0.6) is 0 Å². The zero-order chi connectivity index (χ0) is 14.4. The van der Waals surface area contributed by atoms with E-state index in [1.54, 1.807) is 24.3 Å². The molecule has 0 aromatic heterocycles. The van der Waals surface area contributed by atoms with Crippen molar-refractivity contribution in [3.63, 3.8) is 0 Å². The van der Waals surface area contributed by atoms with Gasteiger partial charge in [0.2, 0.25) is 20.1 Å². The minimum Gasteiger partial charge on any atom is -0.470 e. The molecule has 5 heteroatoms. The molecule has 0 atom stereocenters. The number of anilines is 1. The molecule has 0 spiro atoms. The number of nitrogens with one attached hydrogen (secondary N) is 1. The molecular weight excluding hydrogens is 229 g/mol. The molecule has 0 aliphatic heterocycles. The third-order valence-electron chi connectivity index (χ3n) is 1.56. The molecule has 1 aromatic carbocycles. The highest BCUT2D eigenvalue weighted by molar-refractivity contribution is 6.55. The fraction of sp³-hybridized carbons (Fsp3) is 0.385. The molecular formula is C13H20BNO3. The van der Waals surface area contributed by atoms with Gasteiger partial charge in [-0.3, -0.25) is 9.59 Å². The van der Waals surface area contributed by atoms with Gasteiger partial charge in [-0.1, -0.05) is 39.8 Å². The van der Waals surface area contributed by atoms with Crippen molar-refractivity contribution in [2.75, 3.05) is 5.32 Å². The monoisotopic (exact) mass is 249 g/mol. The SMILES string of the molecule is CC.CC.[B]C(=O)OCc1ccc(NC=O)cc1. The van der Waals surface area contributed by atoms with Gasteiger partial charge in [0.25, 0.3) is 0 Å². The molecule has 0 saturated heterocycles. The van der Waals surface area contributed by atoms with E-state index >= 15 is 0 Å². The summed E-state index contributed by atoms with van der Waals surface area (Å²) >= 11 is 0. The van der Waals surface area contributed by atoms with Gasteiger partial charge in [-0.2, -0.15) is 0 Å². The summed E-state index contributed by atoms with van der Waals surface area (Å²) in [6.07, 6.45) is 0.592. The number of carbonyl (C=O) groups is 2. The predicted octanol–water partition coefficient (Wildman–Crippen LogP) is 3.11. The molecule has 0 heterocycles. The lowest BCUT2D eigenvalue weighted by Gasteiger charge is -2.03. The molecule has 1 aromatic rings. The smallest absolute Gasteiger partial charge is 0.236 e. The van der Waals surface area contributed by atoms with E-state index in [0.717, 1.165) is 5.56 Å². The first-order valence-corrected chi connectivity index (χ1v) is 5.93. The van der Waals surface area contributed by atoms with Crippen molar-refractivity contribution in [3.8, 4) is 0 Å². The summed E-state index contributed by atoms with van der Waals surface area (Å²) < 4.78 is 4.58. The molecule has 0 aliphatic rings. The van der Waals surface area contributed by atoms with Crippen LogP contribution >= 0.6 is 0 Å². The Hall–Kier alpha value is -1.78. The number of hydrogen-bond acceptors (Lipinski definition) is 3. The van der Waals surface area contributed by atoms with Crippen LogP contribution in [0.2, 0.25) is 0 Å². The van der Waals surface area contributed by atoms with Crippen molar-refractivity contribution in [2.45, 2.75) is 34.3 Å². The van der Waals surface area contributed by atoms with E-state index in [1.807, 2.05) is 27.7 Å². The number of ether oxygens (including phenoxy) is 1. The highest BCUT2D eigenvalue weighted by atomic mass is 16.5. The Morgan fingerprint density at radius 3 is 2.11 bits per heavy atom. The lowest BCUT2D eigenvalue weighted by molar-refractivity contribution is -0.105. The van der Waals surface area contributed by atoms with Crippen LogP contribution in [-0.4, -0.2) is 20.1 Å². The molecule has 1 N–H and O–H groups in total. The Labute approximate surface area is 110 Å². The Bertz CT molecular complexity index is 326. The lowest BCUT2D eigenvalue weighted by Crippen LogP contribution is -2.01. The van der Waals surface area contributed by atoms with Crippen LogP contribution in [0, 0.1) is 0 Å². The largest absolute Gasteiger partial charge is 0.470 e. The number of hydrogen-bond donors (Lipinski definition) is 1. The van der Waals surface area contributed by atoms with Crippen LogP contribution in [0.4, 0.5) is 10.5 Å². The second-order valence-corrected chi connectivity index (χ2v) is 2.57. The van der Waals surface area contributed by atoms with Gasteiger partial charge < -0.3 is 10.1 Å². The molecule has 0 fully saturated rings. The van der Waals surface area contributed by atoms with Gasteiger partial charge in [0.15, 0.2) is 0 Å². The molecule has 0 bridgehead atoms. The van der Waals surface area contributed by atoms with E-state index < -0.39 is 5.87 Å². The maximum atomic E-state index is 10.3. The van der Waals surface area contributed by atoms with E-state index in [4.69, 9.17) is 7.85 Å². The minimum atomic E-state index is -0.805. The van der Waals surface area contributed by atoms with Crippen LogP contribution in [0.1, 0.15) is 33.3 Å². The molecule has 1 amide bonds. The fourth-order valence-electron chi connectivity index (χ4n) is 0.920. The molecule has 0 unspecified atom stereocenters. The van der Waals surface area contributed by atoms with E-state index in [1.165, 1.54) is 0 Å². The van der Waals surface area contributed by atoms with Gasteiger partial charge in [-0.25, -0.2) is 0 Å². The summed E-state index contributed by atoms with van der Waals surface area (Å²) in [5.41, 5.74) is 1.49. The normalized spacial score (nSPS) is 7.78. The molecule has 1 rings (SSSR count). The van der Waals surface area contributed by atoms with Crippen molar-refractivity contribution in [3.05, 3.63) is 29.8 Å². The van der Waals surface area contributed by atoms with Crippen LogP contribution in [0.3, 0.4) is 0 Å². The summed E-state index contributed by atoms with van der Waals surface area (Å²) in [7, 11) is 4.80. The van der Waals surface area contributed by atoms with Crippen LogP contribution in [0.25, 0.3) is 0 Å². The van der Waals surface area contributed by atoms with Crippen molar-refractivity contribution in [1.82, 2.24) is 0 Å². The first kappa shape index (κ1) is 18.6. The van der Waals surface area contributed by atoms with Gasteiger partial charge in [0.1, 0.15) is 6.61 Å². The van der Waals surface area contributed by atoms with Gasteiger partial charge >= 0.3 is 0 Å². The lowest BCUT2D eigenvalue weighted by atomic mass is 10.2. The summed E-state index contributed by atoms with van der Waals surface area (Å²) in [6.45, 7) is 8.14. The second kappa shape index (κ2) is 13.3. The highest BCUT2D eigenvalue weighted by Crippen LogP contribution is 2.09. The van der Waals surface area contributed by atoms with Crippen molar-refractivity contribution in [1.29, 1.82) is 0 Å². The molecule has 0 aliphatic carbocycles. The molecule has 0 saturated carbocycles. The Kier molecular flexibility index (Phi) is 13.7. The maximum Gasteiger partial charge on any atom is 0.236 e. The van der Waals surface area contributed by atoms with E-state index in [0.29, 0.717) is 12.1 Å². The number of rotatable bonds is 4. The number of benzene rings is 1. The summed E-state index contributed by atoms with van der Waals surface area (Å²) in [5, 5.41) is 2.49. The summed E-state index contributed by atoms with van der Waals surface area (Å²) in [4.78, 5) is 20.4. The molecule has 4 nitrogen and oxygen atoms in total. The van der Waals surface area contributed by atoms with Crippen molar-refractivity contribution < 1.29 is 14.3 Å². The van der Waals surface area contributed by atoms with Crippen LogP contribution < -0.4 is 5.32 Å². The van der Waals surface area contributed by atoms with Crippen LogP contribution in [0.15, 0.2) is 24.3 Å². The average Bonchev–Trinajstić information content (AvgIpc) is 2.43. The first-order valence-electron chi connectivity index (χ1n) is 5.93. The third-order valence-corrected chi connectivity index (χ3v) is 1.56. The number of carbonyl (C=O) groups excluding carboxylic acids is 2. The van der Waals surface area contributed by atoms with Gasteiger partial charge in [-0.05, 0) is 17.7 Å². The van der Waals surface area contributed by atoms with Crippen LogP contribution in [-0.2, 0) is 16.1 Å². The summed E-state index contributed by atoms with van der Waals surface area (Å²) in [5.74, 6) is -0.805. The van der Waals surface area contributed by atoms with Crippen molar-refractivity contribution >= 4 is 25.8 Å². The maximum absolute atomic E-state index is 10.3. The quantitative estimate of drug-likeness (QED) is 0.658. The second-order valence-electron chi connectivity index (χ2n) is 2.57. The minimum absolute atomic E-state index is 0.136. The molecule has 2 radical (unpaired) electrons. The first-order chi connectivity index (χ1) is 8.72. The predicted molar refractivity (Wildman–Crippen MR) is 74.8 cm³/mol. The molecule has 98 valence electrons. The Balaban J connectivity index is 0. The Morgan fingerprint density at radius 2 is 1.72 bits per heavy atom. The summed E-state index contributed by atoms with van der Waals surface area (Å²) in [6, 6.07) is 6.87. The zero-order valence-electron chi connectivity index (χ0n) is 11.4. The average molecular weight is 249 g/mol. The van der Waals surface area contributed by atoms with Gasteiger partial charge in [0.05, 0.1) is 0 Å². The van der Waals surface area contributed by atoms with Gasteiger partial charge in [-0.15, -0.1) is 0 Å². The highest BCUT2D eigenvalue weighted by Gasteiger charge is 1.96. The van der Waals surface area contributed by atoms with E-state index in [2.05, 4.69) is 10.1 Å². The van der Waals surface area contributed by atoms with E-state index in [-0.39, 0.29) is 6.61 Å². The third kappa shape index (κ3) is 9.45. The van der Waals surface area contributed by atoms with Gasteiger partial charge in [0, 0.05) is 5.69 Å². The number of amides is 1. The standard InChI is InChI=1S/C9H8BNO3.2C2H6/c10-9(13)14-5-7-1-3-8(4-2-7)11-6-12;2*1-2/h1-4,6H,5H2,(H,11,12);2*1-2H3. The van der Waals surface area contributed by atoms with E-state index in [9.17, 15) is 9.59 Å². The topological polar surface area (TPSA) is 55.4 Å². The van der Waals surface area contributed by atoms with Crippen molar-refractivity contribution in [2.24, 2.45) is 0 Å².